The molecule has 0 radical (unpaired) electrons. The monoisotopic (exact) mass is 558 g/mol. The summed E-state index contributed by atoms with van der Waals surface area (Å²) in [7, 11) is 0. The molecule has 37 heavy (non-hydrogen) atoms. The van der Waals surface area contributed by atoms with Crippen LogP contribution in [0.25, 0.3) is 27.6 Å². The highest BCUT2D eigenvalue weighted by Gasteiger charge is 2.18. The minimum absolute atomic E-state index is 0.0182. The first-order chi connectivity index (χ1) is 17.8. The average Bonchev–Trinajstić information content (AvgIpc) is 3.18. The zero-order valence-corrected chi connectivity index (χ0v) is 22.0. The van der Waals surface area contributed by atoms with Gasteiger partial charge >= 0.3 is 0 Å². The zero-order valence-electron chi connectivity index (χ0n) is 20.4. The molecule has 3 heterocycles. The smallest absolute Gasteiger partial charge is 0.287 e. The molecule has 1 atom stereocenters. The van der Waals surface area contributed by atoms with Gasteiger partial charge in [-0.15, -0.1) is 0 Å². The van der Waals surface area contributed by atoms with Crippen molar-refractivity contribution in [3.63, 3.8) is 0 Å². The zero-order chi connectivity index (χ0) is 26.3. The number of rotatable bonds is 6. The van der Waals surface area contributed by atoms with E-state index in [4.69, 9.17) is 4.98 Å². The number of nitrogens with zero attached hydrogens (tertiary/aromatic N) is 6. The average molecular weight is 559 g/mol. The van der Waals surface area contributed by atoms with Gasteiger partial charge in [0.1, 0.15) is 17.8 Å². The minimum atomic E-state index is -0.474. The van der Waals surface area contributed by atoms with Crippen molar-refractivity contribution in [1.29, 1.82) is 0 Å². The molecule has 0 aliphatic carbocycles. The number of hydrogen-bond donors (Lipinski definition) is 0. The first-order valence-corrected chi connectivity index (χ1v) is 12.6. The van der Waals surface area contributed by atoms with Crippen molar-refractivity contribution < 1.29 is 4.92 Å². The summed E-state index contributed by atoms with van der Waals surface area (Å²) in [6.45, 7) is 6.00. The summed E-state index contributed by atoms with van der Waals surface area (Å²) in [6, 6.07) is 16.3. The SMILES string of the molecule is CC[C@H](C)c1nc2ccc(Br)cc2c(=O)n1N=Cc1c(C)n(-c2ccc([N+](=O)[O-])cn2)c2ccccc12. The van der Waals surface area contributed by atoms with Crippen molar-refractivity contribution in [2.45, 2.75) is 33.1 Å². The molecule has 0 saturated heterocycles. The molecule has 10 heteroatoms. The Labute approximate surface area is 220 Å². The van der Waals surface area contributed by atoms with Crippen LogP contribution in [0, 0.1) is 17.0 Å². The maximum atomic E-state index is 13.5. The molecule has 0 N–H and O–H groups in total. The fourth-order valence-corrected chi connectivity index (χ4v) is 4.72. The van der Waals surface area contributed by atoms with Crippen molar-refractivity contribution in [2.24, 2.45) is 5.10 Å². The van der Waals surface area contributed by atoms with Crippen LogP contribution >= 0.6 is 15.9 Å². The van der Waals surface area contributed by atoms with Gasteiger partial charge in [-0.1, -0.05) is 48.0 Å². The van der Waals surface area contributed by atoms with E-state index in [1.807, 2.05) is 61.7 Å². The summed E-state index contributed by atoms with van der Waals surface area (Å²) < 4.78 is 4.10. The van der Waals surface area contributed by atoms with Crippen LogP contribution in [-0.2, 0) is 0 Å². The Hall–Kier alpha value is -4.18. The molecule has 0 unspecified atom stereocenters. The predicted octanol–water partition coefficient (Wildman–Crippen LogP) is 6.11. The molecule has 0 aliphatic heterocycles. The second-order valence-electron chi connectivity index (χ2n) is 8.79. The summed E-state index contributed by atoms with van der Waals surface area (Å²) in [5.74, 6) is 1.16. The van der Waals surface area contributed by atoms with Gasteiger partial charge in [-0.05, 0) is 43.7 Å². The van der Waals surface area contributed by atoms with Crippen molar-refractivity contribution >= 4 is 49.6 Å². The van der Waals surface area contributed by atoms with Crippen LogP contribution in [0.5, 0.6) is 0 Å². The van der Waals surface area contributed by atoms with Gasteiger partial charge in [0.25, 0.3) is 11.2 Å². The van der Waals surface area contributed by atoms with Gasteiger partial charge in [-0.2, -0.15) is 9.78 Å². The molecular formula is C27H23BrN6O3. The molecule has 0 bridgehead atoms. The van der Waals surface area contributed by atoms with Crippen LogP contribution in [0.1, 0.15) is 43.3 Å². The Morgan fingerprint density at radius 2 is 1.95 bits per heavy atom. The van der Waals surface area contributed by atoms with E-state index in [0.717, 1.165) is 33.1 Å². The molecular weight excluding hydrogens is 536 g/mol. The minimum Gasteiger partial charge on any atom is -0.298 e. The number of nitro groups is 1. The van der Waals surface area contributed by atoms with Crippen LogP contribution in [0.2, 0.25) is 0 Å². The van der Waals surface area contributed by atoms with Crippen LogP contribution in [0.4, 0.5) is 5.69 Å². The second kappa shape index (κ2) is 9.70. The van der Waals surface area contributed by atoms with Gasteiger partial charge in [0.2, 0.25) is 0 Å². The number of aromatic nitrogens is 4. The predicted molar refractivity (Wildman–Crippen MR) is 148 cm³/mol. The lowest BCUT2D eigenvalue weighted by Crippen LogP contribution is -2.23. The maximum absolute atomic E-state index is 13.5. The second-order valence-corrected chi connectivity index (χ2v) is 9.70. The third kappa shape index (κ3) is 4.33. The lowest BCUT2D eigenvalue weighted by molar-refractivity contribution is -0.385. The molecule has 9 nitrogen and oxygen atoms in total. The molecule has 186 valence electrons. The van der Waals surface area contributed by atoms with Crippen LogP contribution in [0.3, 0.4) is 0 Å². The molecule has 5 aromatic rings. The Morgan fingerprint density at radius 1 is 1.16 bits per heavy atom. The third-order valence-electron chi connectivity index (χ3n) is 6.52. The Kier molecular flexibility index (Phi) is 6.43. The lowest BCUT2D eigenvalue weighted by Gasteiger charge is -2.14. The van der Waals surface area contributed by atoms with E-state index < -0.39 is 4.92 Å². The number of pyridine rings is 1. The summed E-state index contributed by atoms with van der Waals surface area (Å²) in [5.41, 5.74) is 2.83. The van der Waals surface area contributed by atoms with E-state index in [1.54, 1.807) is 18.3 Å². The molecule has 0 saturated carbocycles. The van der Waals surface area contributed by atoms with E-state index >= 15 is 0 Å². The Balaban J connectivity index is 1.70. The van der Waals surface area contributed by atoms with Crippen LogP contribution in [0.15, 0.2) is 75.2 Å². The first kappa shape index (κ1) is 24.5. The number of fused-ring (bicyclic) bond motifs is 2. The molecule has 0 spiro atoms. The summed E-state index contributed by atoms with van der Waals surface area (Å²) >= 11 is 3.44. The fourth-order valence-electron chi connectivity index (χ4n) is 4.36. The standard InChI is InChI=1S/C27H23BrN6O3/c1-4-16(2)26-31-23-11-9-18(28)13-21(23)27(35)33(26)30-15-22-17(3)32(24-8-6-5-7-20(22)24)25-12-10-19(14-29-25)34(36)37/h5-16H,4H2,1-3H3/t16-/m0/s1. The third-order valence-corrected chi connectivity index (χ3v) is 7.01. The quantitative estimate of drug-likeness (QED) is 0.142. The lowest BCUT2D eigenvalue weighted by atomic mass is 10.1. The van der Waals surface area contributed by atoms with Crippen molar-refractivity contribution in [3.8, 4) is 5.82 Å². The van der Waals surface area contributed by atoms with Gasteiger partial charge in [0.15, 0.2) is 0 Å². The Morgan fingerprint density at radius 3 is 2.65 bits per heavy atom. The molecule has 3 aromatic heterocycles. The van der Waals surface area contributed by atoms with Crippen molar-refractivity contribution in [2.75, 3.05) is 0 Å². The highest BCUT2D eigenvalue weighted by molar-refractivity contribution is 9.10. The molecule has 5 rings (SSSR count). The van der Waals surface area contributed by atoms with Gasteiger partial charge in [0.05, 0.1) is 27.6 Å². The van der Waals surface area contributed by atoms with E-state index in [-0.39, 0.29) is 17.2 Å². The number of hydrogen-bond acceptors (Lipinski definition) is 6. The molecule has 0 amide bonds. The number of para-hydroxylation sites is 1. The summed E-state index contributed by atoms with van der Waals surface area (Å²) in [5, 5.41) is 17.1. The van der Waals surface area contributed by atoms with Gasteiger partial charge < -0.3 is 0 Å². The van der Waals surface area contributed by atoms with Crippen molar-refractivity contribution in [3.05, 3.63) is 103 Å². The topological polar surface area (TPSA) is 108 Å². The first-order valence-electron chi connectivity index (χ1n) is 11.8. The fraction of sp³-hybridized carbons (Fsp3) is 0.185. The number of benzene rings is 2. The number of halogens is 1. The summed E-state index contributed by atoms with van der Waals surface area (Å²) in [4.78, 5) is 33.2. The summed E-state index contributed by atoms with van der Waals surface area (Å²) in [6.07, 6.45) is 3.72. The highest BCUT2D eigenvalue weighted by Crippen LogP contribution is 2.28. The van der Waals surface area contributed by atoms with Crippen LogP contribution < -0.4 is 5.56 Å². The normalized spacial score (nSPS) is 12.5. The van der Waals surface area contributed by atoms with E-state index in [0.29, 0.717) is 22.5 Å². The van der Waals surface area contributed by atoms with E-state index in [9.17, 15) is 14.9 Å². The van der Waals surface area contributed by atoms with Gasteiger partial charge in [-0.3, -0.25) is 19.5 Å². The van der Waals surface area contributed by atoms with Gasteiger partial charge in [0, 0.05) is 33.1 Å². The van der Waals surface area contributed by atoms with Gasteiger partial charge in [-0.25, -0.2) is 9.97 Å². The van der Waals surface area contributed by atoms with Crippen molar-refractivity contribution in [1.82, 2.24) is 19.2 Å². The highest BCUT2D eigenvalue weighted by atomic mass is 79.9. The molecule has 2 aromatic carbocycles. The van der Waals surface area contributed by atoms with E-state index in [2.05, 4.69) is 26.0 Å². The van der Waals surface area contributed by atoms with Crippen LogP contribution in [-0.4, -0.2) is 30.3 Å². The largest absolute Gasteiger partial charge is 0.298 e. The maximum Gasteiger partial charge on any atom is 0.287 e. The molecule has 0 fully saturated rings. The molecule has 0 aliphatic rings. The van der Waals surface area contributed by atoms with E-state index in [1.165, 1.54) is 16.9 Å². The Bertz CT molecular complexity index is 1750.